The van der Waals surface area contributed by atoms with Crippen LogP contribution in [0.3, 0.4) is 0 Å². The zero-order valence-electron chi connectivity index (χ0n) is 16.1. The summed E-state index contributed by atoms with van der Waals surface area (Å²) in [6, 6.07) is 13.5. The van der Waals surface area contributed by atoms with Gasteiger partial charge < -0.3 is 19.5 Å². The fraction of sp³-hybridized carbons (Fsp3) is 0.136. The molecule has 150 valence electrons. The van der Waals surface area contributed by atoms with Gasteiger partial charge in [-0.2, -0.15) is 0 Å². The molecular formula is C22H19F2NO4. The minimum absolute atomic E-state index is 0.105. The second-order valence-electron chi connectivity index (χ2n) is 6.04. The van der Waals surface area contributed by atoms with Gasteiger partial charge in [0, 0.05) is 23.8 Å². The number of ether oxygens (including phenoxy) is 3. The molecule has 0 saturated heterocycles. The van der Waals surface area contributed by atoms with Crippen LogP contribution in [0, 0.1) is 11.6 Å². The Kier molecular flexibility index (Phi) is 5.97. The SMILES string of the molecule is COc1cc(OC)c(C(=O)Nc2c(F)cc(F)cc2-c2ccccc2)cc1OC. The number of carbonyl (C=O) groups is 1. The Labute approximate surface area is 166 Å². The van der Waals surface area contributed by atoms with Gasteiger partial charge in [-0.15, -0.1) is 0 Å². The monoisotopic (exact) mass is 399 g/mol. The molecule has 7 heteroatoms. The molecule has 1 amide bonds. The summed E-state index contributed by atoms with van der Waals surface area (Å²) in [4.78, 5) is 12.9. The number of methoxy groups -OCH3 is 3. The van der Waals surface area contributed by atoms with E-state index in [1.807, 2.05) is 0 Å². The topological polar surface area (TPSA) is 56.8 Å². The van der Waals surface area contributed by atoms with Gasteiger partial charge in [0.25, 0.3) is 5.91 Å². The van der Waals surface area contributed by atoms with E-state index in [1.54, 1.807) is 30.3 Å². The maximum Gasteiger partial charge on any atom is 0.259 e. The van der Waals surface area contributed by atoms with Crippen molar-refractivity contribution in [1.29, 1.82) is 0 Å². The first kappa shape index (κ1) is 20.1. The van der Waals surface area contributed by atoms with Crippen molar-refractivity contribution in [1.82, 2.24) is 0 Å². The standard InChI is InChI=1S/C22H19F2NO4/c1-27-18-12-20(29-3)19(28-2)11-16(18)22(26)25-21-15(9-14(23)10-17(21)24)13-7-5-4-6-8-13/h4-12H,1-3H3,(H,25,26). The fourth-order valence-corrected chi connectivity index (χ4v) is 2.93. The van der Waals surface area contributed by atoms with Gasteiger partial charge in [-0.3, -0.25) is 4.79 Å². The molecule has 0 bridgehead atoms. The maximum atomic E-state index is 14.6. The number of anilines is 1. The van der Waals surface area contributed by atoms with Crippen LogP contribution in [0.1, 0.15) is 10.4 Å². The van der Waals surface area contributed by atoms with Crippen molar-refractivity contribution in [2.24, 2.45) is 0 Å². The molecule has 1 N–H and O–H groups in total. The maximum absolute atomic E-state index is 14.6. The fourth-order valence-electron chi connectivity index (χ4n) is 2.93. The average Bonchev–Trinajstić information content (AvgIpc) is 2.74. The van der Waals surface area contributed by atoms with Crippen LogP contribution in [-0.4, -0.2) is 27.2 Å². The molecule has 29 heavy (non-hydrogen) atoms. The molecule has 5 nitrogen and oxygen atoms in total. The van der Waals surface area contributed by atoms with Crippen LogP contribution in [0.5, 0.6) is 17.2 Å². The Morgan fingerprint density at radius 2 is 1.45 bits per heavy atom. The second-order valence-corrected chi connectivity index (χ2v) is 6.04. The normalized spacial score (nSPS) is 10.4. The van der Waals surface area contributed by atoms with E-state index in [1.165, 1.54) is 39.5 Å². The number of carbonyl (C=O) groups excluding carboxylic acids is 1. The van der Waals surface area contributed by atoms with Crippen molar-refractivity contribution < 1.29 is 27.8 Å². The van der Waals surface area contributed by atoms with Crippen molar-refractivity contribution in [2.75, 3.05) is 26.6 Å². The average molecular weight is 399 g/mol. The highest BCUT2D eigenvalue weighted by molar-refractivity contribution is 6.08. The predicted molar refractivity (Wildman–Crippen MR) is 106 cm³/mol. The van der Waals surface area contributed by atoms with Gasteiger partial charge in [-0.1, -0.05) is 30.3 Å². The number of benzene rings is 3. The number of hydrogen-bond donors (Lipinski definition) is 1. The molecular weight excluding hydrogens is 380 g/mol. The van der Waals surface area contributed by atoms with Gasteiger partial charge in [-0.25, -0.2) is 8.78 Å². The first-order valence-electron chi connectivity index (χ1n) is 8.64. The molecule has 0 radical (unpaired) electrons. The van der Waals surface area contributed by atoms with Gasteiger partial charge in [0.1, 0.15) is 17.4 Å². The summed E-state index contributed by atoms with van der Waals surface area (Å²) < 4.78 is 44.1. The first-order valence-corrected chi connectivity index (χ1v) is 8.64. The lowest BCUT2D eigenvalue weighted by molar-refractivity contribution is 0.102. The lowest BCUT2D eigenvalue weighted by atomic mass is 10.0. The molecule has 0 spiro atoms. The number of amides is 1. The zero-order valence-corrected chi connectivity index (χ0v) is 16.1. The summed E-state index contributed by atoms with van der Waals surface area (Å²) in [5.74, 6) is -1.39. The molecule has 3 aromatic carbocycles. The molecule has 0 heterocycles. The van der Waals surface area contributed by atoms with Gasteiger partial charge >= 0.3 is 0 Å². The van der Waals surface area contributed by atoms with Crippen LogP contribution in [0.4, 0.5) is 14.5 Å². The van der Waals surface area contributed by atoms with Crippen molar-refractivity contribution in [3.05, 3.63) is 71.8 Å². The quantitative estimate of drug-likeness (QED) is 0.640. The Morgan fingerprint density at radius 3 is 2.07 bits per heavy atom. The summed E-state index contributed by atoms with van der Waals surface area (Å²) in [5.41, 5.74) is 0.740. The molecule has 0 saturated carbocycles. The molecule has 3 aromatic rings. The second kappa shape index (κ2) is 8.60. The summed E-state index contributed by atoms with van der Waals surface area (Å²) in [6.45, 7) is 0. The lowest BCUT2D eigenvalue weighted by Crippen LogP contribution is -2.15. The zero-order chi connectivity index (χ0) is 21.0. The highest BCUT2D eigenvalue weighted by Gasteiger charge is 2.21. The van der Waals surface area contributed by atoms with Crippen LogP contribution < -0.4 is 19.5 Å². The van der Waals surface area contributed by atoms with Gasteiger partial charge in [-0.05, 0) is 11.6 Å². The van der Waals surface area contributed by atoms with Crippen LogP contribution in [-0.2, 0) is 0 Å². The van der Waals surface area contributed by atoms with E-state index in [4.69, 9.17) is 14.2 Å². The number of halogens is 2. The Balaban J connectivity index is 2.06. The van der Waals surface area contributed by atoms with Crippen LogP contribution >= 0.6 is 0 Å². The summed E-state index contributed by atoms with van der Waals surface area (Å²) in [5, 5.41) is 2.53. The Bertz CT molecular complexity index is 1040. The van der Waals surface area contributed by atoms with Crippen LogP contribution in [0.2, 0.25) is 0 Å². The van der Waals surface area contributed by atoms with Gasteiger partial charge in [0.05, 0.1) is 32.6 Å². The van der Waals surface area contributed by atoms with E-state index in [-0.39, 0.29) is 22.6 Å². The van der Waals surface area contributed by atoms with Crippen molar-refractivity contribution in [3.63, 3.8) is 0 Å². The molecule has 0 unspecified atom stereocenters. The number of hydrogen-bond acceptors (Lipinski definition) is 4. The number of rotatable bonds is 6. The molecule has 0 aromatic heterocycles. The van der Waals surface area contributed by atoms with Crippen molar-refractivity contribution >= 4 is 11.6 Å². The van der Waals surface area contributed by atoms with Crippen molar-refractivity contribution in [2.45, 2.75) is 0 Å². The van der Waals surface area contributed by atoms with E-state index in [0.29, 0.717) is 23.1 Å². The third-order valence-corrected chi connectivity index (χ3v) is 4.33. The molecule has 0 fully saturated rings. The number of nitrogens with one attached hydrogen (secondary N) is 1. The van der Waals surface area contributed by atoms with Gasteiger partial charge in [0.2, 0.25) is 0 Å². The molecule has 0 aliphatic rings. The lowest BCUT2D eigenvalue weighted by Gasteiger charge is -2.16. The minimum Gasteiger partial charge on any atom is -0.496 e. The van der Waals surface area contributed by atoms with E-state index in [9.17, 15) is 13.6 Å². The smallest absolute Gasteiger partial charge is 0.259 e. The van der Waals surface area contributed by atoms with E-state index in [2.05, 4.69) is 5.32 Å². The van der Waals surface area contributed by atoms with Crippen LogP contribution in [0.15, 0.2) is 54.6 Å². The first-order chi connectivity index (χ1) is 14.0. The molecule has 0 aliphatic heterocycles. The summed E-state index contributed by atoms with van der Waals surface area (Å²) in [6.07, 6.45) is 0. The Morgan fingerprint density at radius 1 is 0.828 bits per heavy atom. The van der Waals surface area contributed by atoms with Crippen LogP contribution in [0.25, 0.3) is 11.1 Å². The largest absolute Gasteiger partial charge is 0.496 e. The summed E-state index contributed by atoms with van der Waals surface area (Å²) >= 11 is 0. The highest BCUT2D eigenvalue weighted by Crippen LogP contribution is 2.36. The molecule has 3 rings (SSSR count). The van der Waals surface area contributed by atoms with Gasteiger partial charge in [0.15, 0.2) is 11.5 Å². The van der Waals surface area contributed by atoms with E-state index >= 15 is 0 Å². The predicted octanol–water partition coefficient (Wildman–Crippen LogP) is 4.91. The Hall–Kier alpha value is -3.61. The van der Waals surface area contributed by atoms with Crippen molar-refractivity contribution in [3.8, 4) is 28.4 Å². The van der Waals surface area contributed by atoms with E-state index < -0.39 is 17.5 Å². The third-order valence-electron chi connectivity index (χ3n) is 4.33. The molecule has 0 atom stereocenters. The third kappa shape index (κ3) is 4.13. The highest BCUT2D eigenvalue weighted by atomic mass is 19.1. The molecule has 0 aliphatic carbocycles. The minimum atomic E-state index is -0.892. The van der Waals surface area contributed by atoms with E-state index in [0.717, 1.165) is 0 Å². The summed E-state index contributed by atoms with van der Waals surface area (Å²) in [7, 11) is 4.28.